The minimum absolute atomic E-state index is 0.0310. The van der Waals surface area contributed by atoms with Gasteiger partial charge in [0.25, 0.3) is 5.91 Å². The number of carbonyl (C=O) groups excluding carboxylic acids is 3. The molecule has 208 valence electrons. The second-order valence-electron chi connectivity index (χ2n) is 8.89. The summed E-state index contributed by atoms with van der Waals surface area (Å²) < 4.78 is 24.3. The van der Waals surface area contributed by atoms with Gasteiger partial charge in [0, 0.05) is 5.56 Å². The van der Waals surface area contributed by atoms with Crippen LogP contribution in [0.3, 0.4) is 0 Å². The Kier molecular flexibility index (Phi) is 11.5. The molecule has 0 unspecified atom stereocenters. The van der Waals surface area contributed by atoms with Gasteiger partial charge in [-0.3, -0.25) is 19.2 Å². The topological polar surface area (TPSA) is 110 Å². The first-order valence-corrected chi connectivity index (χ1v) is 12.8. The summed E-state index contributed by atoms with van der Waals surface area (Å²) in [5, 5.41) is 6.44. The molecule has 9 nitrogen and oxygen atoms in total. The summed E-state index contributed by atoms with van der Waals surface area (Å²) in [5.74, 6) is -1.40. The molecule has 2 N–H and O–H groups in total. The van der Waals surface area contributed by atoms with Crippen LogP contribution in [-0.2, 0) is 21.0 Å². The average Bonchev–Trinajstić information content (AvgIpc) is 3.45. The summed E-state index contributed by atoms with van der Waals surface area (Å²) in [4.78, 5) is 42.7. The summed E-state index contributed by atoms with van der Waals surface area (Å²) in [6, 6.07) is 16.7. The lowest BCUT2D eigenvalue weighted by atomic mass is 10.0. The normalized spacial score (nSPS) is 11.5. The summed E-state index contributed by atoms with van der Waals surface area (Å²) in [6.45, 7) is 2.23. The maximum absolute atomic E-state index is 13.7. The zero-order valence-electron chi connectivity index (χ0n) is 22.2. The molecular weight excluding hydrogens is 505 g/mol. The molecule has 0 saturated heterocycles. The lowest BCUT2D eigenvalue weighted by Gasteiger charge is -2.23. The Labute approximate surface area is 227 Å². The van der Waals surface area contributed by atoms with E-state index in [2.05, 4.69) is 17.6 Å². The number of hydroxylamine groups is 2. The molecule has 0 radical (unpaired) electrons. The fourth-order valence-corrected chi connectivity index (χ4v) is 3.89. The number of carbonyl (C=O) groups is 3. The number of nitrogens with zero attached hydrogens (tertiary/aromatic N) is 1. The third-order valence-electron chi connectivity index (χ3n) is 6.06. The quantitative estimate of drug-likeness (QED) is 0.118. The fraction of sp³-hybridized carbons (Fsp3) is 0.345. The Morgan fingerprint density at radius 3 is 2.59 bits per heavy atom. The largest absolute Gasteiger partial charge is 0.494 e. The van der Waals surface area contributed by atoms with Crippen molar-refractivity contribution in [3.05, 3.63) is 77.8 Å². The first-order chi connectivity index (χ1) is 18.9. The zero-order valence-corrected chi connectivity index (χ0v) is 22.2. The molecule has 39 heavy (non-hydrogen) atoms. The highest BCUT2D eigenvalue weighted by molar-refractivity contribution is 5.92. The van der Waals surface area contributed by atoms with Gasteiger partial charge in [-0.2, -0.15) is 0 Å². The van der Waals surface area contributed by atoms with Crippen LogP contribution >= 0.6 is 0 Å². The predicted octanol–water partition coefficient (Wildman–Crippen LogP) is 4.68. The van der Waals surface area contributed by atoms with Gasteiger partial charge in [0.1, 0.15) is 12.4 Å². The number of ether oxygens (including phenoxy) is 1. The van der Waals surface area contributed by atoms with Crippen LogP contribution in [0.5, 0.6) is 5.75 Å². The third-order valence-corrected chi connectivity index (χ3v) is 6.06. The number of hydrogen-bond donors (Lipinski definition) is 2. The molecular formula is C29H34FN3O6. The molecule has 0 bridgehead atoms. The molecule has 0 aliphatic rings. The van der Waals surface area contributed by atoms with Crippen molar-refractivity contribution in [2.45, 2.75) is 39.2 Å². The van der Waals surface area contributed by atoms with E-state index in [-0.39, 0.29) is 37.2 Å². The first kappa shape index (κ1) is 29.4. The summed E-state index contributed by atoms with van der Waals surface area (Å²) in [7, 11) is 1.36. The molecule has 0 fully saturated rings. The molecule has 10 heteroatoms. The van der Waals surface area contributed by atoms with Crippen LogP contribution in [0.2, 0.25) is 0 Å². The maximum atomic E-state index is 13.7. The number of nitrogens with one attached hydrogen (secondary N) is 2. The number of amides is 3. The number of methoxy groups -OCH3 is 1. The molecule has 2 aromatic carbocycles. The molecule has 0 aliphatic carbocycles. The van der Waals surface area contributed by atoms with Gasteiger partial charge in [0.2, 0.25) is 12.3 Å². The SMILES string of the molecule is CCCCC[C@H](CN(C=O)OCc1ccccc1)C(=O)NCNC(=O)c1ccc(-c2ccc(F)c(OC)c2)o1. The van der Waals surface area contributed by atoms with E-state index >= 15 is 0 Å². The Morgan fingerprint density at radius 1 is 1.08 bits per heavy atom. The number of benzene rings is 2. The van der Waals surface area contributed by atoms with Crippen molar-refractivity contribution in [1.82, 2.24) is 15.7 Å². The molecule has 0 saturated carbocycles. The predicted molar refractivity (Wildman–Crippen MR) is 143 cm³/mol. The molecule has 0 aliphatic heterocycles. The van der Waals surface area contributed by atoms with Gasteiger partial charge < -0.3 is 19.8 Å². The van der Waals surface area contributed by atoms with Crippen molar-refractivity contribution < 1.29 is 32.8 Å². The summed E-state index contributed by atoms with van der Waals surface area (Å²) >= 11 is 0. The highest BCUT2D eigenvalue weighted by atomic mass is 19.1. The van der Waals surface area contributed by atoms with Crippen molar-refractivity contribution in [1.29, 1.82) is 0 Å². The van der Waals surface area contributed by atoms with Crippen molar-refractivity contribution >= 4 is 18.2 Å². The Balaban J connectivity index is 1.53. The average molecular weight is 540 g/mol. The minimum Gasteiger partial charge on any atom is -0.494 e. The lowest BCUT2D eigenvalue weighted by molar-refractivity contribution is -0.182. The van der Waals surface area contributed by atoms with E-state index in [1.54, 1.807) is 6.07 Å². The standard InChI is InChI=1S/C29H34FN3O6/c1-3-4-6-11-23(17-33(20-34)38-18-21-9-7-5-8-10-21)28(35)31-19-32-29(36)26-15-14-25(39-26)22-12-13-24(30)27(16-22)37-2/h5,7-10,12-16,20,23H,3-4,6,11,17-19H2,1-2H3,(H,31,35)(H,32,36)/t23-/m1/s1. The van der Waals surface area contributed by atoms with E-state index in [4.69, 9.17) is 14.0 Å². The molecule has 3 aromatic rings. The van der Waals surface area contributed by atoms with E-state index in [1.807, 2.05) is 30.3 Å². The highest BCUT2D eigenvalue weighted by Gasteiger charge is 2.22. The van der Waals surface area contributed by atoms with E-state index < -0.39 is 17.6 Å². The zero-order chi connectivity index (χ0) is 28.0. The van der Waals surface area contributed by atoms with E-state index in [1.165, 1.54) is 31.4 Å². The van der Waals surface area contributed by atoms with Crippen LogP contribution in [0, 0.1) is 11.7 Å². The van der Waals surface area contributed by atoms with Gasteiger partial charge >= 0.3 is 0 Å². The van der Waals surface area contributed by atoms with Crippen LogP contribution in [0.4, 0.5) is 4.39 Å². The van der Waals surface area contributed by atoms with Gasteiger partial charge in [-0.15, -0.1) is 0 Å². The van der Waals surface area contributed by atoms with E-state index in [0.717, 1.165) is 29.9 Å². The number of hydrogen-bond acceptors (Lipinski definition) is 6. The third kappa shape index (κ3) is 8.96. The molecule has 3 rings (SSSR count). The molecule has 1 aromatic heterocycles. The van der Waals surface area contributed by atoms with Crippen molar-refractivity contribution in [3.8, 4) is 17.1 Å². The minimum atomic E-state index is -0.529. The van der Waals surface area contributed by atoms with Gasteiger partial charge in [-0.25, -0.2) is 9.45 Å². The van der Waals surface area contributed by atoms with Gasteiger partial charge in [-0.05, 0) is 42.3 Å². The van der Waals surface area contributed by atoms with Crippen LogP contribution in [-0.4, -0.2) is 43.6 Å². The monoisotopic (exact) mass is 539 g/mol. The van der Waals surface area contributed by atoms with Crippen molar-refractivity contribution in [3.63, 3.8) is 0 Å². The Morgan fingerprint density at radius 2 is 1.87 bits per heavy atom. The Hall–Kier alpha value is -4.18. The summed E-state index contributed by atoms with van der Waals surface area (Å²) in [5.41, 5.74) is 1.45. The highest BCUT2D eigenvalue weighted by Crippen LogP contribution is 2.27. The van der Waals surface area contributed by atoms with Crippen molar-refractivity contribution in [2.24, 2.45) is 5.92 Å². The van der Waals surface area contributed by atoms with Crippen LogP contribution < -0.4 is 15.4 Å². The molecule has 0 spiro atoms. The summed E-state index contributed by atoms with van der Waals surface area (Å²) in [6.07, 6.45) is 3.89. The first-order valence-electron chi connectivity index (χ1n) is 12.8. The smallest absolute Gasteiger partial charge is 0.288 e. The fourth-order valence-electron chi connectivity index (χ4n) is 3.89. The second-order valence-corrected chi connectivity index (χ2v) is 8.89. The van der Waals surface area contributed by atoms with Gasteiger partial charge in [0.15, 0.2) is 17.3 Å². The maximum Gasteiger partial charge on any atom is 0.288 e. The number of halogens is 1. The Bertz CT molecular complexity index is 1220. The molecule has 3 amide bonds. The number of rotatable bonds is 16. The van der Waals surface area contributed by atoms with Crippen molar-refractivity contribution in [2.75, 3.05) is 20.3 Å². The van der Waals surface area contributed by atoms with Crippen LogP contribution in [0.15, 0.2) is 65.1 Å². The van der Waals surface area contributed by atoms with E-state index in [9.17, 15) is 18.8 Å². The number of unbranched alkanes of at least 4 members (excludes halogenated alkanes) is 2. The van der Waals surface area contributed by atoms with Crippen LogP contribution in [0.1, 0.15) is 48.7 Å². The lowest BCUT2D eigenvalue weighted by Crippen LogP contribution is -2.43. The van der Waals surface area contributed by atoms with E-state index in [0.29, 0.717) is 24.2 Å². The molecule has 1 heterocycles. The number of furan rings is 1. The second kappa shape index (κ2) is 15.3. The molecule has 1 atom stereocenters. The van der Waals surface area contributed by atoms with Gasteiger partial charge in [-0.1, -0.05) is 56.5 Å². The van der Waals surface area contributed by atoms with Crippen LogP contribution in [0.25, 0.3) is 11.3 Å². The van der Waals surface area contributed by atoms with Gasteiger partial charge in [0.05, 0.1) is 26.2 Å².